The number of nitrogens with zero attached hydrogens (tertiary/aromatic N) is 1. The predicted octanol–water partition coefficient (Wildman–Crippen LogP) is 13.2. The van der Waals surface area contributed by atoms with Gasteiger partial charge in [0.05, 0.1) is 5.69 Å². The second-order valence-electron chi connectivity index (χ2n) is 13.5. The summed E-state index contributed by atoms with van der Waals surface area (Å²) in [5.41, 5.74) is 13.8. The van der Waals surface area contributed by atoms with Crippen molar-refractivity contribution in [1.29, 1.82) is 0 Å². The minimum absolute atomic E-state index is 0.275. The van der Waals surface area contributed by atoms with Crippen molar-refractivity contribution in [1.82, 2.24) is 0 Å². The van der Waals surface area contributed by atoms with E-state index in [2.05, 4.69) is 194 Å². The fourth-order valence-corrected chi connectivity index (χ4v) is 8.24. The van der Waals surface area contributed by atoms with E-state index < -0.39 is 0 Å². The van der Waals surface area contributed by atoms with E-state index in [0.717, 1.165) is 39.0 Å². The zero-order chi connectivity index (χ0) is 33.2. The Morgan fingerprint density at radius 3 is 1.86 bits per heavy atom. The van der Waals surface area contributed by atoms with E-state index in [1.54, 1.807) is 0 Å². The molecule has 0 unspecified atom stereocenters. The quantitative estimate of drug-likeness (QED) is 0.186. The molecule has 9 aromatic rings. The van der Waals surface area contributed by atoms with E-state index in [1.807, 2.05) is 0 Å². The summed E-state index contributed by atoms with van der Waals surface area (Å²) in [5.74, 6) is 0. The lowest BCUT2D eigenvalue weighted by molar-refractivity contribution is 0.662. The minimum Gasteiger partial charge on any atom is -0.456 e. The van der Waals surface area contributed by atoms with Crippen LogP contribution in [0.15, 0.2) is 186 Å². The summed E-state index contributed by atoms with van der Waals surface area (Å²) >= 11 is 0. The standard InChI is InChI=1S/C48H33NO/c1-48(43-19-9-7-17-39(43)40-18-8-10-20-44(40)48)35-24-28-41-42-31-37(27-29-46(42)50-47(41)30-35)49(45-21-11-15-34-14-5-6-16-38(34)45)36-25-22-33(23-26-36)32-12-3-2-4-13-32/h2-31H,1H3. The number of furan rings is 1. The molecule has 50 heavy (non-hydrogen) atoms. The van der Waals surface area contributed by atoms with Crippen molar-refractivity contribution in [3.05, 3.63) is 199 Å². The van der Waals surface area contributed by atoms with E-state index in [4.69, 9.17) is 4.42 Å². The van der Waals surface area contributed by atoms with Crippen LogP contribution in [0.25, 0.3) is 55.0 Å². The predicted molar refractivity (Wildman–Crippen MR) is 209 cm³/mol. The molecule has 0 N–H and O–H groups in total. The lowest BCUT2D eigenvalue weighted by Gasteiger charge is -2.28. The fraction of sp³-hybridized carbons (Fsp3) is 0.0417. The highest BCUT2D eigenvalue weighted by Crippen LogP contribution is 2.53. The molecule has 0 atom stereocenters. The number of fused-ring (bicyclic) bond motifs is 7. The van der Waals surface area contributed by atoms with Gasteiger partial charge in [-0.25, -0.2) is 0 Å². The first-order chi connectivity index (χ1) is 24.7. The summed E-state index contributed by atoms with van der Waals surface area (Å²) < 4.78 is 6.64. The van der Waals surface area contributed by atoms with Crippen LogP contribution in [0.2, 0.25) is 0 Å². The van der Waals surface area contributed by atoms with Gasteiger partial charge in [-0.05, 0) is 93.7 Å². The number of anilines is 3. The van der Waals surface area contributed by atoms with Crippen molar-refractivity contribution in [2.45, 2.75) is 12.3 Å². The van der Waals surface area contributed by atoms with Crippen LogP contribution in [0.4, 0.5) is 17.1 Å². The molecular formula is C48H33NO. The molecule has 236 valence electrons. The Morgan fingerprint density at radius 2 is 1.08 bits per heavy atom. The van der Waals surface area contributed by atoms with Crippen LogP contribution in [0.1, 0.15) is 23.6 Å². The van der Waals surface area contributed by atoms with Gasteiger partial charge in [0, 0.05) is 32.9 Å². The van der Waals surface area contributed by atoms with Crippen LogP contribution in [-0.2, 0) is 5.41 Å². The average Bonchev–Trinajstić information content (AvgIpc) is 3.68. The summed E-state index contributed by atoms with van der Waals surface area (Å²) in [5, 5.41) is 4.63. The highest BCUT2D eigenvalue weighted by atomic mass is 16.3. The highest BCUT2D eigenvalue weighted by Gasteiger charge is 2.40. The lowest BCUT2D eigenvalue weighted by Crippen LogP contribution is -2.22. The van der Waals surface area contributed by atoms with Crippen LogP contribution < -0.4 is 4.90 Å². The summed E-state index contributed by atoms with van der Waals surface area (Å²) in [6, 6.07) is 65.7. The van der Waals surface area contributed by atoms with Crippen molar-refractivity contribution in [2.75, 3.05) is 4.90 Å². The molecule has 0 spiro atoms. The first kappa shape index (κ1) is 28.6. The molecule has 1 aliphatic rings. The molecule has 0 amide bonds. The molecule has 1 aromatic heterocycles. The van der Waals surface area contributed by atoms with Crippen molar-refractivity contribution in [3.63, 3.8) is 0 Å². The van der Waals surface area contributed by atoms with E-state index in [-0.39, 0.29) is 5.41 Å². The Bertz CT molecular complexity index is 2670. The largest absolute Gasteiger partial charge is 0.456 e. The normalized spacial score (nSPS) is 13.1. The van der Waals surface area contributed by atoms with E-state index in [9.17, 15) is 0 Å². The maximum Gasteiger partial charge on any atom is 0.135 e. The second kappa shape index (κ2) is 11.1. The van der Waals surface area contributed by atoms with Gasteiger partial charge in [0.2, 0.25) is 0 Å². The smallest absolute Gasteiger partial charge is 0.135 e. The minimum atomic E-state index is -0.275. The average molecular weight is 640 g/mol. The number of benzene rings is 8. The van der Waals surface area contributed by atoms with Gasteiger partial charge in [-0.2, -0.15) is 0 Å². The molecule has 0 fully saturated rings. The maximum absolute atomic E-state index is 6.64. The topological polar surface area (TPSA) is 16.4 Å². The number of rotatable bonds is 5. The zero-order valence-electron chi connectivity index (χ0n) is 27.7. The molecule has 0 aliphatic heterocycles. The monoisotopic (exact) mass is 639 g/mol. The summed E-state index contributed by atoms with van der Waals surface area (Å²) in [6.07, 6.45) is 0. The Kier molecular flexibility index (Phi) is 6.34. The molecule has 0 radical (unpaired) electrons. The Hall–Kier alpha value is -6.38. The highest BCUT2D eigenvalue weighted by molar-refractivity contribution is 6.08. The zero-order valence-corrected chi connectivity index (χ0v) is 27.7. The second-order valence-corrected chi connectivity index (χ2v) is 13.5. The molecule has 2 nitrogen and oxygen atoms in total. The van der Waals surface area contributed by atoms with Crippen molar-refractivity contribution >= 4 is 49.8 Å². The van der Waals surface area contributed by atoms with Gasteiger partial charge >= 0.3 is 0 Å². The third-order valence-electron chi connectivity index (χ3n) is 10.8. The lowest BCUT2D eigenvalue weighted by atomic mass is 9.74. The third-order valence-corrected chi connectivity index (χ3v) is 10.8. The van der Waals surface area contributed by atoms with Crippen LogP contribution in [0.3, 0.4) is 0 Å². The molecule has 1 aliphatic carbocycles. The summed E-state index contributed by atoms with van der Waals surface area (Å²) in [6.45, 7) is 2.35. The molecule has 8 aromatic carbocycles. The first-order valence-electron chi connectivity index (χ1n) is 17.3. The SMILES string of the molecule is CC1(c2ccc3c(c2)oc2ccc(N(c4ccc(-c5ccccc5)cc4)c4cccc5ccccc45)cc23)c2ccccc2-c2ccccc21. The van der Waals surface area contributed by atoms with Crippen molar-refractivity contribution in [3.8, 4) is 22.3 Å². The molecule has 10 rings (SSSR count). The van der Waals surface area contributed by atoms with Crippen molar-refractivity contribution < 1.29 is 4.42 Å². The van der Waals surface area contributed by atoms with E-state index >= 15 is 0 Å². The number of hydrogen-bond donors (Lipinski definition) is 0. The van der Waals surface area contributed by atoms with Crippen LogP contribution in [-0.4, -0.2) is 0 Å². The Labute approximate surface area is 291 Å². The van der Waals surface area contributed by atoms with Crippen LogP contribution in [0, 0.1) is 0 Å². The fourth-order valence-electron chi connectivity index (χ4n) is 8.24. The van der Waals surface area contributed by atoms with E-state index in [1.165, 1.54) is 49.7 Å². The molecule has 0 bridgehead atoms. The molecule has 2 heteroatoms. The first-order valence-corrected chi connectivity index (χ1v) is 17.3. The van der Waals surface area contributed by atoms with Crippen molar-refractivity contribution in [2.24, 2.45) is 0 Å². The molecular weight excluding hydrogens is 607 g/mol. The molecule has 1 heterocycles. The van der Waals surface area contributed by atoms with Crippen LogP contribution >= 0.6 is 0 Å². The van der Waals surface area contributed by atoms with Gasteiger partial charge in [-0.3, -0.25) is 0 Å². The molecule has 0 saturated carbocycles. The van der Waals surface area contributed by atoms with Gasteiger partial charge in [-0.1, -0.05) is 140 Å². The van der Waals surface area contributed by atoms with Crippen LogP contribution in [0.5, 0.6) is 0 Å². The van der Waals surface area contributed by atoms with Gasteiger partial charge in [-0.15, -0.1) is 0 Å². The third kappa shape index (κ3) is 4.28. The van der Waals surface area contributed by atoms with Gasteiger partial charge in [0.25, 0.3) is 0 Å². The summed E-state index contributed by atoms with van der Waals surface area (Å²) in [7, 11) is 0. The van der Waals surface area contributed by atoms with E-state index in [0.29, 0.717) is 0 Å². The van der Waals surface area contributed by atoms with Gasteiger partial charge in [0.15, 0.2) is 0 Å². The van der Waals surface area contributed by atoms with Gasteiger partial charge in [0.1, 0.15) is 11.2 Å². The maximum atomic E-state index is 6.64. The Morgan fingerprint density at radius 1 is 0.440 bits per heavy atom. The summed E-state index contributed by atoms with van der Waals surface area (Å²) in [4.78, 5) is 2.37. The Balaban J connectivity index is 1.13. The number of hydrogen-bond acceptors (Lipinski definition) is 2. The van der Waals surface area contributed by atoms with Gasteiger partial charge < -0.3 is 9.32 Å². The molecule has 0 saturated heterocycles.